The van der Waals surface area contributed by atoms with Crippen molar-refractivity contribution in [1.29, 1.82) is 0 Å². The van der Waals surface area contributed by atoms with Crippen LogP contribution in [0.3, 0.4) is 0 Å². The van der Waals surface area contributed by atoms with E-state index < -0.39 is 5.92 Å². The van der Waals surface area contributed by atoms with Gasteiger partial charge in [-0.1, -0.05) is 110 Å². The number of carbonyl (C=O) groups excluding carboxylic acids is 1. The lowest BCUT2D eigenvalue weighted by atomic mass is 9.52. The maximum atomic E-state index is 14.6. The van der Waals surface area contributed by atoms with Crippen LogP contribution in [0.1, 0.15) is 77.7 Å². The predicted octanol–water partition coefficient (Wildman–Crippen LogP) is 9.15. The van der Waals surface area contributed by atoms with Gasteiger partial charge in [-0.3, -0.25) is 4.79 Å². The zero-order chi connectivity index (χ0) is 28.0. The number of fused-ring (bicyclic) bond motifs is 2. The van der Waals surface area contributed by atoms with Crippen molar-refractivity contribution in [3.63, 3.8) is 0 Å². The van der Waals surface area contributed by atoms with Gasteiger partial charge < -0.3 is 9.47 Å². The molecule has 0 heterocycles. The number of benzene rings is 5. The monoisotopic (exact) mass is 550 g/mol. The summed E-state index contributed by atoms with van der Waals surface area (Å²) in [5, 5.41) is 2.01. The van der Waals surface area contributed by atoms with E-state index in [-0.39, 0.29) is 29.8 Å². The molecule has 5 aromatic carbocycles. The molecule has 0 aliphatic heterocycles. The lowest BCUT2D eigenvalue weighted by Gasteiger charge is -2.50. The third-order valence-corrected chi connectivity index (χ3v) is 9.79. The highest BCUT2D eigenvalue weighted by atomic mass is 16.5. The van der Waals surface area contributed by atoms with Gasteiger partial charge in [0.1, 0.15) is 11.5 Å². The van der Waals surface area contributed by atoms with Crippen LogP contribution < -0.4 is 9.47 Å². The molecule has 3 heteroatoms. The van der Waals surface area contributed by atoms with Crippen LogP contribution in [0, 0.1) is 5.92 Å². The van der Waals surface area contributed by atoms with E-state index in [0.717, 1.165) is 34.9 Å². The van der Waals surface area contributed by atoms with Crippen LogP contribution in [0.25, 0.3) is 10.8 Å². The zero-order valence-corrected chi connectivity index (χ0v) is 23.6. The molecule has 0 amide bonds. The zero-order valence-electron chi connectivity index (χ0n) is 23.6. The van der Waals surface area contributed by atoms with Gasteiger partial charge in [0.15, 0.2) is 0 Å². The van der Waals surface area contributed by atoms with Gasteiger partial charge in [0.05, 0.1) is 12.0 Å². The first-order chi connectivity index (χ1) is 20.8. The molecule has 1 saturated carbocycles. The highest BCUT2D eigenvalue weighted by molar-refractivity contribution is 5.91. The number of hydrogen-bond donors (Lipinski definition) is 0. The Morgan fingerprint density at radius 1 is 0.548 bits per heavy atom. The molecule has 9 rings (SSSR count). The quantitative estimate of drug-likeness (QED) is 0.162. The normalized spacial score (nSPS) is 22.8. The first kappa shape index (κ1) is 25.3. The largest absolute Gasteiger partial charge is 0.490 e. The van der Waals surface area contributed by atoms with Gasteiger partial charge in [-0.2, -0.15) is 0 Å². The summed E-state index contributed by atoms with van der Waals surface area (Å²) in [7, 11) is 0. The van der Waals surface area contributed by atoms with Gasteiger partial charge in [0.2, 0.25) is 0 Å². The summed E-state index contributed by atoms with van der Waals surface area (Å²) in [6.45, 7) is 0. The van der Waals surface area contributed by atoms with Crippen molar-refractivity contribution in [3.05, 3.63) is 143 Å². The molecule has 208 valence electrons. The summed E-state index contributed by atoms with van der Waals surface area (Å²) in [6.07, 6.45) is 6.10. The summed E-state index contributed by atoms with van der Waals surface area (Å²) < 4.78 is 13.2. The average Bonchev–Trinajstić information content (AvgIpc) is 3.05. The first-order valence-electron chi connectivity index (χ1n) is 15.4. The summed E-state index contributed by atoms with van der Waals surface area (Å²) in [5.74, 6) is 0.785. The van der Waals surface area contributed by atoms with E-state index in [4.69, 9.17) is 9.47 Å². The highest BCUT2D eigenvalue weighted by Gasteiger charge is 2.54. The molecule has 4 aliphatic rings. The van der Waals surface area contributed by atoms with E-state index in [0.29, 0.717) is 5.75 Å². The number of carbonyl (C=O) groups is 1. The number of rotatable bonds is 5. The van der Waals surface area contributed by atoms with Crippen molar-refractivity contribution in [1.82, 2.24) is 0 Å². The van der Waals surface area contributed by atoms with Crippen molar-refractivity contribution >= 4 is 16.7 Å². The van der Waals surface area contributed by atoms with E-state index in [1.165, 1.54) is 41.5 Å². The SMILES string of the molecule is O=C(Oc1cccc2ccccc12)C1C2c3ccccc3C(c3ccccc32)C1c1ccccc1OC1CCCCC1. The molecule has 0 spiro atoms. The molecule has 0 aromatic heterocycles. The molecule has 42 heavy (non-hydrogen) atoms. The van der Waals surface area contributed by atoms with Crippen LogP contribution in [0.5, 0.6) is 11.5 Å². The molecule has 5 aromatic rings. The average molecular weight is 551 g/mol. The van der Waals surface area contributed by atoms with Gasteiger partial charge in [0, 0.05) is 23.1 Å². The van der Waals surface area contributed by atoms with Crippen LogP contribution in [-0.2, 0) is 4.79 Å². The Balaban J connectivity index is 1.29. The van der Waals surface area contributed by atoms with Gasteiger partial charge in [-0.15, -0.1) is 0 Å². The van der Waals surface area contributed by atoms with E-state index in [9.17, 15) is 4.79 Å². The van der Waals surface area contributed by atoms with Crippen molar-refractivity contribution < 1.29 is 14.3 Å². The lowest BCUT2D eigenvalue weighted by Crippen LogP contribution is -2.44. The molecule has 0 saturated heterocycles. The van der Waals surface area contributed by atoms with Crippen LogP contribution >= 0.6 is 0 Å². The van der Waals surface area contributed by atoms with E-state index in [1.807, 2.05) is 30.3 Å². The Bertz CT molecular complexity index is 1730. The fourth-order valence-corrected chi connectivity index (χ4v) is 8.02. The Labute approximate surface area is 247 Å². The second kappa shape index (κ2) is 10.5. The lowest BCUT2D eigenvalue weighted by molar-refractivity contribution is -0.141. The van der Waals surface area contributed by atoms with Crippen molar-refractivity contribution in [2.75, 3.05) is 0 Å². The molecule has 4 aliphatic carbocycles. The molecule has 3 nitrogen and oxygen atoms in total. The van der Waals surface area contributed by atoms with Crippen LogP contribution in [0.2, 0.25) is 0 Å². The maximum absolute atomic E-state index is 14.6. The molecular formula is C39H34O3. The Morgan fingerprint density at radius 3 is 1.81 bits per heavy atom. The second-order valence-electron chi connectivity index (χ2n) is 12.1. The first-order valence-corrected chi connectivity index (χ1v) is 15.4. The summed E-state index contributed by atoms with van der Waals surface area (Å²) >= 11 is 0. The second-order valence-corrected chi connectivity index (χ2v) is 12.1. The molecule has 0 N–H and O–H groups in total. The summed E-state index contributed by atoms with van der Waals surface area (Å²) in [5.41, 5.74) is 6.22. The fraction of sp³-hybridized carbons (Fsp3) is 0.256. The highest BCUT2D eigenvalue weighted by Crippen LogP contribution is 2.62. The Hall–Kier alpha value is -4.37. The molecular weight excluding hydrogens is 516 g/mol. The molecule has 2 atom stereocenters. The Morgan fingerprint density at radius 2 is 1.10 bits per heavy atom. The number of esters is 1. The van der Waals surface area contributed by atoms with Gasteiger partial charge in [-0.25, -0.2) is 0 Å². The Kier molecular flexibility index (Phi) is 6.32. The predicted molar refractivity (Wildman–Crippen MR) is 166 cm³/mol. The van der Waals surface area contributed by atoms with Crippen molar-refractivity contribution in [2.24, 2.45) is 5.92 Å². The van der Waals surface area contributed by atoms with Crippen LogP contribution in [-0.4, -0.2) is 12.1 Å². The van der Waals surface area contributed by atoms with Crippen molar-refractivity contribution in [2.45, 2.75) is 56.0 Å². The maximum Gasteiger partial charge on any atom is 0.315 e. The molecule has 1 fully saturated rings. The molecule has 2 bridgehead atoms. The minimum Gasteiger partial charge on any atom is -0.490 e. The number of para-hydroxylation sites is 1. The fourth-order valence-electron chi connectivity index (χ4n) is 8.02. The van der Waals surface area contributed by atoms with E-state index in [2.05, 4.69) is 84.9 Å². The van der Waals surface area contributed by atoms with Crippen LogP contribution in [0.15, 0.2) is 115 Å². The van der Waals surface area contributed by atoms with Gasteiger partial charge >= 0.3 is 5.97 Å². The third kappa shape index (κ3) is 4.14. The smallest absolute Gasteiger partial charge is 0.315 e. The summed E-state index contributed by atoms with van der Waals surface area (Å²) in [4.78, 5) is 14.6. The van der Waals surface area contributed by atoms with Crippen molar-refractivity contribution in [3.8, 4) is 11.5 Å². The standard InChI is InChI=1S/C39H34O3/c40-39(42-33-24-12-14-25-13-4-5-17-27(25)33)38-36-30-20-8-6-18-28(30)35(29-19-7-9-21-31(29)36)37(38)32-22-10-11-23-34(32)41-26-15-2-1-3-16-26/h4-14,17-24,26,35-38H,1-3,15-16H2. The minimum atomic E-state index is -0.394. The molecule has 0 radical (unpaired) electrons. The summed E-state index contributed by atoms with van der Waals surface area (Å²) in [6, 6.07) is 39.9. The van der Waals surface area contributed by atoms with Crippen LogP contribution in [0.4, 0.5) is 0 Å². The van der Waals surface area contributed by atoms with E-state index >= 15 is 0 Å². The van der Waals surface area contributed by atoms with E-state index in [1.54, 1.807) is 0 Å². The number of hydrogen-bond acceptors (Lipinski definition) is 3. The molecule has 2 unspecified atom stereocenters. The number of ether oxygens (including phenoxy) is 2. The van der Waals surface area contributed by atoms with Gasteiger partial charge in [-0.05, 0) is 71.0 Å². The third-order valence-electron chi connectivity index (χ3n) is 9.79. The van der Waals surface area contributed by atoms with Gasteiger partial charge in [0.25, 0.3) is 0 Å². The minimum absolute atomic E-state index is 0.0311. The topological polar surface area (TPSA) is 35.5 Å².